The number of hydrogen-bond donors (Lipinski definition) is 1. The summed E-state index contributed by atoms with van der Waals surface area (Å²) in [4.78, 5) is 12.8. The lowest BCUT2D eigenvalue weighted by atomic mass is 9.53. The molecular formula is C17H19BrINO. The summed E-state index contributed by atoms with van der Waals surface area (Å²) in [5.74, 6) is 2.67. The standard InChI is InChI=1S/C17H19BrINO/c18-15-2-1-13(19)6-14(15)16(21)20-17-7-10-3-11(8-17)5-12(4-10)9-17/h1-2,6,10-12H,3-5,7-9H2,(H,20,21). The van der Waals surface area contributed by atoms with Gasteiger partial charge in [0.2, 0.25) is 0 Å². The molecule has 2 nitrogen and oxygen atoms in total. The highest BCUT2D eigenvalue weighted by Gasteiger charge is 2.51. The summed E-state index contributed by atoms with van der Waals surface area (Å²) in [7, 11) is 0. The Morgan fingerprint density at radius 2 is 1.71 bits per heavy atom. The first-order chi connectivity index (χ1) is 10.0. The van der Waals surface area contributed by atoms with E-state index in [2.05, 4.69) is 43.8 Å². The molecule has 0 heterocycles. The number of hydrogen-bond acceptors (Lipinski definition) is 1. The first-order valence-corrected chi connectivity index (χ1v) is 9.68. The van der Waals surface area contributed by atoms with Crippen LogP contribution in [0.5, 0.6) is 0 Å². The number of amides is 1. The van der Waals surface area contributed by atoms with Gasteiger partial charge in [-0.15, -0.1) is 0 Å². The summed E-state index contributed by atoms with van der Waals surface area (Å²) >= 11 is 5.78. The second-order valence-corrected chi connectivity index (χ2v) is 9.38. The van der Waals surface area contributed by atoms with Gasteiger partial charge in [0.1, 0.15) is 0 Å². The number of rotatable bonds is 2. The van der Waals surface area contributed by atoms with Gasteiger partial charge in [-0.2, -0.15) is 0 Å². The van der Waals surface area contributed by atoms with Gasteiger partial charge >= 0.3 is 0 Å². The van der Waals surface area contributed by atoms with Gasteiger partial charge in [-0.25, -0.2) is 0 Å². The van der Waals surface area contributed by atoms with E-state index in [0.717, 1.165) is 31.4 Å². The number of benzene rings is 1. The van der Waals surface area contributed by atoms with Crippen molar-refractivity contribution in [2.75, 3.05) is 0 Å². The fraction of sp³-hybridized carbons (Fsp3) is 0.588. The van der Waals surface area contributed by atoms with Crippen molar-refractivity contribution < 1.29 is 4.79 Å². The van der Waals surface area contributed by atoms with Gasteiger partial charge in [-0.1, -0.05) is 0 Å². The van der Waals surface area contributed by atoms with E-state index in [-0.39, 0.29) is 11.4 Å². The predicted octanol–water partition coefficient (Wildman–Crippen LogP) is 4.75. The van der Waals surface area contributed by atoms with Gasteiger partial charge in [0, 0.05) is 13.6 Å². The molecule has 0 radical (unpaired) electrons. The maximum Gasteiger partial charge on any atom is 0.252 e. The Labute approximate surface area is 147 Å². The van der Waals surface area contributed by atoms with Gasteiger partial charge in [-0.05, 0) is 113 Å². The van der Waals surface area contributed by atoms with Crippen molar-refractivity contribution in [2.45, 2.75) is 44.1 Å². The van der Waals surface area contributed by atoms with Gasteiger partial charge in [0.05, 0.1) is 5.56 Å². The van der Waals surface area contributed by atoms with Crippen molar-refractivity contribution >= 4 is 44.4 Å². The third kappa shape index (κ3) is 2.67. The minimum absolute atomic E-state index is 0.0898. The summed E-state index contributed by atoms with van der Waals surface area (Å²) in [5.41, 5.74) is 0.865. The van der Waals surface area contributed by atoms with Crippen molar-refractivity contribution in [3.63, 3.8) is 0 Å². The fourth-order valence-corrected chi connectivity index (χ4v) is 6.16. The first kappa shape index (κ1) is 14.5. The average Bonchev–Trinajstić information content (AvgIpc) is 2.39. The molecule has 4 heteroatoms. The third-order valence-electron chi connectivity index (χ3n) is 5.59. The van der Waals surface area contributed by atoms with Crippen molar-refractivity contribution in [3.05, 3.63) is 31.8 Å². The Kier molecular flexibility index (Phi) is 3.60. The van der Waals surface area contributed by atoms with Crippen molar-refractivity contribution in [2.24, 2.45) is 17.8 Å². The normalized spacial score (nSPS) is 36.8. The van der Waals surface area contributed by atoms with Crippen LogP contribution in [0.3, 0.4) is 0 Å². The smallest absolute Gasteiger partial charge is 0.252 e. The molecule has 1 N–H and O–H groups in total. The topological polar surface area (TPSA) is 29.1 Å². The van der Waals surface area contributed by atoms with Gasteiger partial charge < -0.3 is 5.32 Å². The van der Waals surface area contributed by atoms with Crippen LogP contribution in [0.2, 0.25) is 0 Å². The Bertz CT molecular complexity index is 565. The lowest BCUT2D eigenvalue weighted by molar-refractivity contribution is -0.0167. The number of carbonyl (C=O) groups excluding carboxylic acids is 1. The molecule has 0 saturated heterocycles. The average molecular weight is 460 g/mol. The molecule has 0 unspecified atom stereocenters. The molecule has 0 atom stereocenters. The summed E-state index contributed by atoms with van der Waals surface area (Å²) < 4.78 is 2.00. The monoisotopic (exact) mass is 459 g/mol. The van der Waals surface area contributed by atoms with Crippen molar-refractivity contribution in [1.29, 1.82) is 0 Å². The maximum absolute atomic E-state index is 12.8. The second-order valence-electron chi connectivity index (χ2n) is 7.28. The van der Waals surface area contributed by atoms with Crippen LogP contribution in [0.25, 0.3) is 0 Å². The molecule has 112 valence electrons. The van der Waals surface area contributed by atoms with Crippen LogP contribution < -0.4 is 5.32 Å². The second kappa shape index (κ2) is 5.22. The van der Waals surface area contributed by atoms with Crippen molar-refractivity contribution in [3.8, 4) is 0 Å². The Morgan fingerprint density at radius 1 is 1.14 bits per heavy atom. The van der Waals surface area contributed by atoms with E-state index in [0.29, 0.717) is 0 Å². The highest BCUT2D eigenvalue weighted by molar-refractivity contribution is 14.1. The molecule has 1 aromatic rings. The summed E-state index contributed by atoms with van der Waals surface area (Å²) in [5, 5.41) is 3.44. The fourth-order valence-electron chi connectivity index (χ4n) is 5.24. The van der Waals surface area contributed by atoms with E-state index in [1.807, 2.05) is 18.2 Å². The molecule has 4 aliphatic rings. The zero-order chi connectivity index (χ0) is 14.6. The quantitative estimate of drug-likeness (QED) is 0.635. The Balaban J connectivity index is 1.58. The lowest BCUT2D eigenvalue weighted by Gasteiger charge is -2.56. The molecule has 5 rings (SSSR count). The van der Waals surface area contributed by atoms with Gasteiger partial charge in [0.15, 0.2) is 0 Å². The van der Waals surface area contributed by atoms with E-state index in [4.69, 9.17) is 0 Å². The van der Waals surface area contributed by atoms with Crippen LogP contribution >= 0.6 is 38.5 Å². The molecule has 4 bridgehead atoms. The largest absolute Gasteiger partial charge is 0.347 e. The van der Waals surface area contributed by atoms with Crippen LogP contribution in [-0.2, 0) is 0 Å². The molecule has 1 aromatic carbocycles. The molecule has 4 saturated carbocycles. The van der Waals surface area contributed by atoms with E-state index in [1.54, 1.807) is 0 Å². The summed E-state index contributed by atoms with van der Waals surface area (Å²) in [6.07, 6.45) is 7.82. The van der Waals surface area contributed by atoms with E-state index in [1.165, 1.54) is 38.5 Å². The lowest BCUT2D eigenvalue weighted by Crippen LogP contribution is -2.59. The maximum atomic E-state index is 12.8. The highest BCUT2D eigenvalue weighted by atomic mass is 127. The van der Waals surface area contributed by atoms with Gasteiger partial charge in [0.25, 0.3) is 5.91 Å². The predicted molar refractivity (Wildman–Crippen MR) is 95.2 cm³/mol. The van der Waals surface area contributed by atoms with Crippen LogP contribution in [0.4, 0.5) is 0 Å². The molecule has 0 spiro atoms. The minimum atomic E-state index is 0.0898. The third-order valence-corrected chi connectivity index (χ3v) is 6.95. The molecule has 4 aliphatic carbocycles. The Morgan fingerprint density at radius 3 is 2.29 bits per heavy atom. The highest BCUT2D eigenvalue weighted by Crippen LogP contribution is 2.55. The molecule has 4 fully saturated rings. The van der Waals surface area contributed by atoms with Crippen LogP contribution in [0.15, 0.2) is 22.7 Å². The minimum Gasteiger partial charge on any atom is -0.347 e. The number of halogens is 2. The van der Waals surface area contributed by atoms with Crippen LogP contribution in [-0.4, -0.2) is 11.4 Å². The molecule has 1 amide bonds. The summed E-state index contributed by atoms with van der Waals surface area (Å²) in [6, 6.07) is 5.96. The van der Waals surface area contributed by atoms with Crippen molar-refractivity contribution in [1.82, 2.24) is 5.32 Å². The number of nitrogens with one attached hydrogen (secondary N) is 1. The molecule has 0 aromatic heterocycles. The van der Waals surface area contributed by atoms with Gasteiger partial charge in [-0.3, -0.25) is 4.79 Å². The SMILES string of the molecule is O=C(NC12CC3CC(CC(C3)C1)C2)c1cc(I)ccc1Br. The van der Waals surface area contributed by atoms with E-state index >= 15 is 0 Å². The van der Waals surface area contributed by atoms with E-state index in [9.17, 15) is 4.79 Å². The molecule has 21 heavy (non-hydrogen) atoms. The zero-order valence-electron chi connectivity index (χ0n) is 11.9. The number of carbonyl (C=O) groups is 1. The first-order valence-electron chi connectivity index (χ1n) is 7.81. The van der Waals surface area contributed by atoms with Crippen LogP contribution in [0.1, 0.15) is 48.9 Å². The molecule has 0 aliphatic heterocycles. The molecular weight excluding hydrogens is 441 g/mol. The summed E-state index contributed by atoms with van der Waals surface area (Å²) in [6.45, 7) is 0. The van der Waals surface area contributed by atoms with Crippen LogP contribution in [0, 0.1) is 21.3 Å². The van der Waals surface area contributed by atoms with E-state index < -0.39 is 0 Å². The zero-order valence-corrected chi connectivity index (χ0v) is 15.6. The Hall–Kier alpha value is -0.100.